The molecule has 1 heterocycles. The van der Waals surface area contributed by atoms with Crippen molar-refractivity contribution in [2.45, 2.75) is 63.6 Å². The van der Waals surface area contributed by atoms with Gasteiger partial charge in [0.05, 0.1) is 18.6 Å². The number of aromatic nitrogens is 1. The van der Waals surface area contributed by atoms with E-state index in [2.05, 4.69) is 15.0 Å². The number of nitrogens with zero attached hydrogens (tertiary/aromatic N) is 1. The third kappa shape index (κ3) is 7.26. The zero-order chi connectivity index (χ0) is 19.4. The first-order chi connectivity index (χ1) is 12.0. The highest BCUT2D eigenvalue weighted by molar-refractivity contribution is 7.88. The van der Waals surface area contributed by atoms with E-state index < -0.39 is 27.5 Å². The first-order valence-electron chi connectivity index (χ1n) is 9.05. The summed E-state index contributed by atoms with van der Waals surface area (Å²) in [4.78, 5) is 3.76. The summed E-state index contributed by atoms with van der Waals surface area (Å²) in [5, 5.41) is 13.5. The summed E-state index contributed by atoms with van der Waals surface area (Å²) in [7, 11) is -3.21. The molecule has 0 spiro atoms. The third-order valence-electron chi connectivity index (χ3n) is 4.82. The number of rotatable bonds is 8. The number of sulfonamides is 1. The molecule has 1 aliphatic rings. The van der Waals surface area contributed by atoms with Gasteiger partial charge in [-0.05, 0) is 57.9 Å². The maximum atomic E-state index is 13.2. The average Bonchev–Trinajstić information content (AvgIpc) is 2.51. The lowest BCUT2D eigenvalue weighted by Crippen LogP contribution is -2.45. The molecule has 0 aliphatic heterocycles. The number of halogens is 1. The van der Waals surface area contributed by atoms with Crippen LogP contribution in [0.4, 0.5) is 4.39 Å². The summed E-state index contributed by atoms with van der Waals surface area (Å²) in [5.74, 6) is 0.0296. The average molecular weight is 388 g/mol. The monoisotopic (exact) mass is 387 g/mol. The van der Waals surface area contributed by atoms with Gasteiger partial charge in [-0.15, -0.1) is 0 Å². The molecule has 1 aromatic heterocycles. The predicted octanol–water partition coefficient (Wildman–Crippen LogP) is 2.12. The van der Waals surface area contributed by atoms with Gasteiger partial charge in [0, 0.05) is 29.9 Å². The number of nitrogens with one attached hydrogen (secondary N) is 2. The van der Waals surface area contributed by atoms with Gasteiger partial charge in [-0.25, -0.2) is 17.5 Å². The molecule has 26 heavy (non-hydrogen) atoms. The second-order valence-electron chi connectivity index (χ2n) is 8.04. The summed E-state index contributed by atoms with van der Waals surface area (Å²) in [6.07, 6.45) is 7.80. The number of hydrogen-bond acceptors (Lipinski definition) is 5. The Bertz CT molecular complexity index is 689. The van der Waals surface area contributed by atoms with Crippen LogP contribution in [0.5, 0.6) is 0 Å². The largest absolute Gasteiger partial charge is 0.387 e. The first-order valence-corrected chi connectivity index (χ1v) is 10.9. The Labute approximate surface area is 155 Å². The van der Waals surface area contributed by atoms with Gasteiger partial charge < -0.3 is 10.4 Å². The summed E-state index contributed by atoms with van der Waals surface area (Å²) in [5.41, 5.74) is 0.0267. The minimum Gasteiger partial charge on any atom is -0.387 e. The van der Waals surface area contributed by atoms with E-state index in [0.717, 1.165) is 38.3 Å². The molecule has 0 radical (unpaired) electrons. The molecule has 0 saturated heterocycles. The number of aliphatic hydroxyl groups excluding tert-OH is 1. The summed E-state index contributed by atoms with van der Waals surface area (Å²) in [6.45, 7) is 4.20. The Morgan fingerprint density at radius 3 is 2.54 bits per heavy atom. The van der Waals surface area contributed by atoms with Gasteiger partial charge in [0.1, 0.15) is 5.82 Å². The number of aliphatic hydroxyl groups is 1. The van der Waals surface area contributed by atoms with Crippen LogP contribution in [0, 0.1) is 11.7 Å². The van der Waals surface area contributed by atoms with E-state index in [9.17, 15) is 17.9 Å². The topological polar surface area (TPSA) is 91.3 Å². The van der Waals surface area contributed by atoms with Crippen LogP contribution in [0.1, 0.15) is 57.6 Å². The fourth-order valence-electron chi connectivity index (χ4n) is 3.84. The molecule has 0 unspecified atom stereocenters. The van der Waals surface area contributed by atoms with Crippen molar-refractivity contribution in [3.8, 4) is 0 Å². The van der Waals surface area contributed by atoms with Crippen LogP contribution >= 0.6 is 0 Å². The predicted molar refractivity (Wildman–Crippen MR) is 99.6 cm³/mol. The Morgan fingerprint density at radius 1 is 1.31 bits per heavy atom. The van der Waals surface area contributed by atoms with Crippen molar-refractivity contribution in [1.82, 2.24) is 15.0 Å². The molecule has 1 atom stereocenters. The van der Waals surface area contributed by atoms with Crippen molar-refractivity contribution in [2.75, 3.05) is 12.8 Å². The van der Waals surface area contributed by atoms with E-state index in [0.29, 0.717) is 24.1 Å². The standard InChI is InChI=1S/C18H30FN3O3S/c1-18(2,22-26(3,24)25)9-13-4-6-16(7-5-13)21-12-17(23)14-8-15(19)11-20-10-14/h8,10-11,13,16-17,21-23H,4-7,9,12H2,1-3H3/t13-,16+,17-/m0/s1. The maximum absolute atomic E-state index is 13.2. The van der Waals surface area contributed by atoms with Crippen LogP contribution in [0.15, 0.2) is 18.5 Å². The molecular weight excluding hydrogens is 357 g/mol. The van der Waals surface area contributed by atoms with Crippen molar-refractivity contribution in [1.29, 1.82) is 0 Å². The van der Waals surface area contributed by atoms with Crippen molar-refractivity contribution in [3.63, 3.8) is 0 Å². The Balaban J connectivity index is 1.74. The van der Waals surface area contributed by atoms with Crippen molar-refractivity contribution >= 4 is 10.0 Å². The molecule has 6 nitrogen and oxygen atoms in total. The van der Waals surface area contributed by atoms with Crippen LogP contribution in [0.2, 0.25) is 0 Å². The van der Waals surface area contributed by atoms with Crippen molar-refractivity contribution < 1.29 is 17.9 Å². The fraction of sp³-hybridized carbons (Fsp3) is 0.722. The second kappa shape index (κ2) is 8.73. The van der Waals surface area contributed by atoms with E-state index in [1.807, 2.05) is 13.8 Å². The van der Waals surface area contributed by atoms with Gasteiger partial charge in [0.15, 0.2) is 0 Å². The van der Waals surface area contributed by atoms with E-state index in [4.69, 9.17) is 0 Å². The van der Waals surface area contributed by atoms with E-state index in [-0.39, 0.29) is 0 Å². The van der Waals surface area contributed by atoms with Gasteiger partial charge >= 0.3 is 0 Å². The fourth-order valence-corrected chi connectivity index (χ4v) is 4.93. The van der Waals surface area contributed by atoms with Crippen LogP contribution < -0.4 is 10.0 Å². The molecule has 8 heteroatoms. The quantitative estimate of drug-likeness (QED) is 0.636. The number of hydrogen-bond donors (Lipinski definition) is 3. The summed E-state index contributed by atoms with van der Waals surface area (Å²) in [6, 6.07) is 1.61. The number of pyridine rings is 1. The highest BCUT2D eigenvalue weighted by Crippen LogP contribution is 2.31. The molecule has 1 aliphatic carbocycles. The zero-order valence-corrected chi connectivity index (χ0v) is 16.5. The highest BCUT2D eigenvalue weighted by atomic mass is 32.2. The molecule has 0 amide bonds. The van der Waals surface area contributed by atoms with Crippen LogP contribution in [0.3, 0.4) is 0 Å². The van der Waals surface area contributed by atoms with Crippen LogP contribution in [0.25, 0.3) is 0 Å². The normalized spacial score (nSPS) is 23.0. The third-order valence-corrected chi connectivity index (χ3v) is 5.74. The molecular formula is C18H30FN3O3S. The smallest absolute Gasteiger partial charge is 0.209 e. The maximum Gasteiger partial charge on any atom is 0.209 e. The van der Waals surface area contributed by atoms with E-state index in [1.165, 1.54) is 18.5 Å². The Kier molecular flexibility index (Phi) is 7.12. The SMILES string of the molecule is CC(C)(C[C@H]1CC[C@@H](NC[C@H](O)c2cncc(F)c2)CC1)NS(C)(=O)=O. The second-order valence-corrected chi connectivity index (χ2v) is 9.79. The Hall–Kier alpha value is -1.09. The van der Waals surface area contributed by atoms with Gasteiger partial charge in [-0.3, -0.25) is 4.98 Å². The van der Waals surface area contributed by atoms with Gasteiger partial charge in [-0.2, -0.15) is 0 Å². The van der Waals surface area contributed by atoms with Crippen LogP contribution in [-0.4, -0.2) is 42.9 Å². The summed E-state index contributed by atoms with van der Waals surface area (Å²) >= 11 is 0. The molecule has 0 aromatic carbocycles. The molecule has 1 saturated carbocycles. The highest BCUT2D eigenvalue weighted by Gasteiger charge is 2.29. The molecule has 1 aromatic rings. The van der Waals surface area contributed by atoms with E-state index in [1.54, 1.807) is 0 Å². The molecule has 1 fully saturated rings. The molecule has 2 rings (SSSR count). The van der Waals surface area contributed by atoms with Gasteiger partial charge in [0.2, 0.25) is 10.0 Å². The molecule has 148 valence electrons. The lowest BCUT2D eigenvalue weighted by atomic mass is 9.79. The molecule has 0 bridgehead atoms. The lowest BCUT2D eigenvalue weighted by molar-refractivity contribution is 0.159. The van der Waals surface area contributed by atoms with E-state index >= 15 is 0 Å². The lowest BCUT2D eigenvalue weighted by Gasteiger charge is -2.35. The zero-order valence-electron chi connectivity index (χ0n) is 15.7. The van der Waals surface area contributed by atoms with Crippen molar-refractivity contribution in [3.05, 3.63) is 29.8 Å². The van der Waals surface area contributed by atoms with Gasteiger partial charge in [-0.1, -0.05) is 0 Å². The minimum absolute atomic E-state index is 0.313. The summed E-state index contributed by atoms with van der Waals surface area (Å²) < 4.78 is 38.8. The van der Waals surface area contributed by atoms with Gasteiger partial charge in [0.25, 0.3) is 0 Å². The van der Waals surface area contributed by atoms with Crippen molar-refractivity contribution in [2.24, 2.45) is 5.92 Å². The van der Waals surface area contributed by atoms with Crippen LogP contribution in [-0.2, 0) is 10.0 Å². The first kappa shape index (κ1) is 21.2. The molecule has 3 N–H and O–H groups in total. The minimum atomic E-state index is -3.21. The Morgan fingerprint density at radius 2 is 1.96 bits per heavy atom.